The molecule has 0 saturated heterocycles. The number of aromatic nitrogens is 1. The third kappa shape index (κ3) is 2.14. The Morgan fingerprint density at radius 1 is 1.47 bits per heavy atom. The van der Waals surface area contributed by atoms with Crippen molar-refractivity contribution in [2.24, 2.45) is 23.5 Å². The number of rotatable bonds is 4. The van der Waals surface area contributed by atoms with Crippen molar-refractivity contribution in [3.8, 4) is 0 Å². The van der Waals surface area contributed by atoms with Crippen LogP contribution < -0.4 is 11.1 Å². The molecule has 0 radical (unpaired) electrons. The third-order valence-electron chi connectivity index (χ3n) is 4.67. The fourth-order valence-corrected chi connectivity index (χ4v) is 4.35. The minimum Gasteiger partial charge on any atom is -0.327 e. The molecule has 0 amide bonds. The molecule has 0 spiro atoms. The first-order valence-electron chi connectivity index (χ1n) is 6.61. The quantitative estimate of drug-likeness (QED) is 0.859. The second-order valence-corrected chi connectivity index (χ2v) is 6.51. The summed E-state index contributed by atoms with van der Waals surface area (Å²) in [6.07, 6.45) is 4.16. The molecule has 3 nitrogen and oxygen atoms in total. The Bertz CT molecular complexity index is 388. The first kappa shape index (κ1) is 11.6. The van der Waals surface area contributed by atoms with E-state index in [-0.39, 0.29) is 0 Å². The molecule has 2 aliphatic rings. The van der Waals surface area contributed by atoms with Gasteiger partial charge in [-0.2, -0.15) is 0 Å². The number of hydrogen-bond acceptors (Lipinski definition) is 4. The first-order chi connectivity index (χ1) is 8.25. The zero-order valence-electron chi connectivity index (χ0n) is 10.4. The molecule has 2 fully saturated rings. The van der Waals surface area contributed by atoms with E-state index in [0.29, 0.717) is 12.0 Å². The van der Waals surface area contributed by atoms with Crippen molar-refractivity contribution in [3.05, 3.63) is 16.1 Å². The maximum absolute atomic E-state index is 6.30. The van der Waals surface area contributed by atoms with Crippen molar-refractivity contribution in [1.29, 1.82) is 0 Å². The zero-order chi connectivity index (χ0) is 11.8. The highest BCUT2D eigenvalue weighted by molar-refractivity contribution is 7.09. The van der Waals surface area contributed by atoms with Crippen molar-refractivity contribution in [2.45, 2.75) is 38.8 Å². The first-order valence-corrected chi connectivity index (χ1v) is 7.49. The fraction of sp³-hybridized carbons (Fsp3) is 0.769. The molecule has 4 unspecified atom stereocenters. The Kier molecular flexibility index (Phi) is 3.19. The van der Waals surface area contributed by atoms with Gasteiger partial charge in [0.05, 0.1) is 11.2 Å². The Morgan fingerprint density at radius 3 is 2.94 bits per heavy atom. The Balaban J connectivity index is 1.50. The van der Waals surface area contributed by atoms with E-state index in [1.165, 1.54) is 29.8 Å². The molecule has 3 rings (SSSR count). The Hall–Kier alpha value is -0.450. The molecule has 0 aromatic carbocycles. The Morgan fingerprint density at radius 2 is 2.29 bits per heavy atom. The number of thiazole rings is 1. The number of fused-ring (bicyclic) bond motifs is 2. The molecule has 1 aromatic rings. The van der Waals surface area contributed by atoms with Crippen LogP contribution in [-0.4, -0.2) is 17.6 Å². The van der Waals surface area contributed by atoms with E-state index in [0.717, 1.165) is 24.9 Å². The monoisotopic (exact) mass is 251 g/mol. The van der Waals surface area contributed by atoms with E-state index >= 15 is 0 Å². The lowest BCUT2D eigenvalue weighted by atomic mass is 9.85. The van der Waals surface area contributed by atoms with Crippen LogP contribution in [0.5, 0.6) is 0 Å². The average Bonchev–Trinajstić information content (AvgIpc) is 2.98. The maximum Gasteiger partial charge on any atom is 0.0798 e. The summed E-state index contributed by atoms with van der Waals surface area (Å²) >= 11 is 1.74. The zero-order valence-corrected chi connectivity index (χ0v) is 11.2. The molecule has 1 heterocycles. The van der Waals surface area contributed by atoms with Gasteiger partial charge >= 0.3 is 0 Å². The highest BCUT2D eigenvalue weighted by Crippen LogP contribution is 2.47. The lowest BCUT2D eigenvalue weighted by Crippen LogP contribution is -2.41. The number of aryl methyl sites for hydroxylation is 1. The Labute approximate surface area is 107 Å². The second kappa shape index (κ2) is 4.67. The highest BCUT2D eigenvalue weighted by Gasteiger charge is 2.45. The van der Waals surface area contributed by atoms with E-state index in [1.54, 1.807) is 11.3 Å². The van der Waals surface area contributed by atoms with E-state index in [2.05, 4.69) is 17.2 Å². The van der Waals surface area contributed by atoms with E-state index in [1.807, 2.05) is 5.51 Å². The molecule has 4 atom stereocenters. The van der Waals surface area contributed by atoms with Crippen LogP contribution in [0.4, 0.5) is 0 Å². The number of hydrogen-bond donors (Lipinski definition) is 2. The summed E-state index contributed by atoms with van der Waals surface area (Å²) in [6, 6.07) is 0.448. The molecular formula is C13H21N3S. The molecule has 2 bridgehead atoms. The van der Waals surface area contributed by atoms with E-state index < -0.39 is 0 Å². The largest absolute Gasteiger partial charge is 0.327 e. The van der Waals surface area contributed by atoms with Crippen molar-refractivity contribution in [3.63, 3.8) is 0 Å². The SMILES string of the molecule is Cc1ncsc1CNCC1C2CCC(C2)C1N. The smallest absolute Gasteiger partial charge is 0.0798 e. The standard InChI is InChI=1S/C13H21N3S/c1-8-12(17-7-16-8)6-15-5-11-9-2-3-10(4-9)13(11)14/h7,9-11,13,15H,2-6,14H2,1H3. The summed E-state index contributed by atoms with van der Waals surface area (Å²) in [4.78, 5) is 5.64. The van der Waals surface area contributed by atoms with Crippen LogP contribution in [0, 0.1) is 24.7 Å². The molecule has 3 N–H and O–H groups in total. The molecule has 2 aliphatic carbocycles. The summed E-state index contributed by atoms with van der Waals surface area (Å²) in [6.45, 7) is 4.12. The third-order valence-corrected chi connectivity index (χ3v) is 5.60. The van der Waals surface area contributed by atoms with Gasteiger partial charge in [-0.3, -0.25) is 0 Å². The van der Waals surface area contributed by atoms with Crippen LogP contribution in [0.2, 0.25) is 0 Å². The minimum absolute atomic E-state index is 0.448. The van der Waals surface area contributed by atoms with Crippen LogP contribution in [0.15, 0.2) is 5.51 Å². The van der Waals surface area contributed by atoms with Gasteiger partial charge in [0.1, 0.15) is 0 Å². The molecule has 0 aliphatic heterocycles. The van der Waals surface area contributed by atoms with Crippen LogP contribution in [-0.2, 0) is 6.54 Å². The molecule has 2 saturated carbocycles. The topological polar surface area (TPSA) is 50.9 Å². The normalized spacial score (nSPS) is 35.6. The van der Waals surface area contributed by atoms with Crippen molar-refractivity contribution in [1.82, 2.24) is 10.3 Å². The number of nitrogens with zero attached hydrogens (tertiary/aromatic N) is 1. The van der Waals surface area contributed by atoms with Gasteiger partial charge in [-0.05, 0) is 43.9 Å². The molecule has 4 heteroatoms. The van der Waals surface area contributed by atoms with Gasteiger partial charge < -0.3 is 11.1 Å². The number of nitrogens with two attached hydrogens (primary N) is 1. The van der Waals surface area contributed by atoms with Gasteiger partial charge in [-0.15, -0.1) is 11.3 Å². The molecule has 17 heavy (non-hydrogen) atoms. The summed E-state index contributed by atoms with van der Waals surface area (Å²) in [5.74, 6) is 2.42. The van der Waals surface area contributed by atoms with Gasteiger partial charge in [-0.1, -0.05) is 0 Å². The van der Waals surface area contributed by atoms with Gasteiger partial charge in [-0.25, -0.2) is 4.98 Å². The van der Waals surface area contributed by atoms with Crippen LogP contribution in [0.1, 0.15) is 29.8 Å². The van der Waals surface area contributed by atoms with E-state index in [4.69, 9.17) is 5.73 Å². The van der Waals surface area contributed by atoms with Gasteiger partial charge in [0.2, 0.25) is 0 Å². The molecular weight excluding hydrogens is 230 g/mol. The molecule has 1 aromatic heterocycles. The molecule has 94 valence electrons. The predicted octanol–water partition coefficient (Wildman–Crippen LogP) is 1.91. The van der Waals surface area contributed by atoms with Gasteiger partial charge in [0.15, 0.2) is 0 Å². The summed E-state index contributed by atoms with van der Waals surface area (Å²) in [7, 11) is 0. The summed E-state index contributed by atoms with van der Waals surface area (Å²) in [5.41, 5.74) is 9.40. The van der Waals surface area contributed by atoms with E-state index in [9.17, 15) is 0 Å². The van der Waals surface area contributed by atoms with Crippen molar-refractivity contribution < 1.29 is 0 Å². The minimum atomic E-state index is 0.448. The van der Waals surface area contributed by atoms with Gasteiger partial charge in [0, 0.05) is 24.0 Å². The highest BCUT2D eigenvalue weighted by atomic mass is 32.1. The van der Waals surface area contributed by atoms with Crippen LogP contribution in [0.3, 0.4) is 0 Å². The number of nitrogens with one attached hydrogen (secondary N) is 1. The summed E-state index contributed by atoms with van der Waals surface area (Å²) < 4.78 is 0. The summed E-state index contributed by atoms with van der Waals surface area (Å²) in [5, 5.41) is 3.58. The second-order valence-electron chi connectivity index (χ2n) is 5.57. The van der Waals surface area contributed by atoms with Crippen molar-refractivity contribution in [2.75, 3.05) is 6.54 Å². The van der Waals surface area contributed by atoms with Crippen LogP contribution in [0.25, 0.3) is 0 Å². The average molecular weight is 251 g/mol. The fourth-order valence-electron chi connectivity index (χ4n) is 3.61. The lowest BCUT2D eigenvalue weighted by molar-refractivity contribution is 0.278. The van der Waals surface area contributed by atoms with Gasteiger partial charge in [0.25, 0.3) is 0 Å². The van der Waals surface area contributed by atoms with Crippen molar-refractivity contribution >= 4 is 11.3 Å². The van der Waals surface area contributed by atoms with Crippen LogP contribution >= 0.6 is 11.3 Å². The lowest BCUT2D eigenvalue weighted by Gasteiger charge is -2.28. The maximum atomic E-state index is 6.30. The predicted molar refractivity (Wildman–Crippen MR) is 70.9 cm³/mol.